The van der Waals surface area contributed by atoms with Crippen LogP contribution in [0.15, 0.2) is 34.3 Å². The number of alkyl carbamates (subject to hydrolysis) is 2. The van der Waals surface area contributed by atoms with Gasteiger partial charge in [0.15, 0.2) is 0 Å². The van der Waals surface area contributed by atoms with Crippen LogP contribution in [0.3, 0.4) is 0 Å². The minimum atomic E-state index is -0.439. The van der Waals surface area contributed by atoms with Crippen LogP contribution < -0.4 is 10.6 Å². The van der Waals surface area contributed by atoms with Gasteiger partial charge < -0.3 is 24.8 Å². The monoisotopic (exact) mass is 448 g/mol. The predicted molar refractivity (Wildman–Crippen MR) is 126 cm³/mol. The van der Waals surface area contributed by atoms with Crippen LogP contribution in [-0.2, 0) is 14.2 Å². The van der Waals surface area contributed by atoms with Gasteiger partial charge in [0.1, 0.15) is 6.61 Å². The van der Waals surface area contributed by atoms with Crippen molar-refractivity contribution in [2.45, 2.75) is 32.6 Å². The summed E-state index contributed by atoms with van der Waals surface area (Å²) in [5.74, 6) is 0. The highest BCUT2D eigenvalue weighted by Gasteiger charge is 2.01. The normalized spacial score (nSPS) is 11.1. The molecule has 0 bridgehead atoms. The van der Waals surface area contributed by atoms with E-state index in [0.717, 1.165) is 43.4 Å². The van der Waals surface area contributed by atoms with Gasteiger partial charge in [0, 0.05) is 32.1 Å². The van der Waals surface area contributed by atoms with E-state index < -0.39 is 12.2 Å². The van der Waals surface area contributed by atoms with E-state index in [1.165, 1.54) is 7.11 Å². The Kier molecular flexibility index (Phi) is 15.9. The predicted octanol–water partition coefficient (Wildman–Crippen LogP) is 3.20. The first-order valence-corrected chi connectivity index (χ1v) is 11.1. The van der Waals surface area contributed by atoms with E-state index in [-0.39, 0.29) is 6.61 Å². The molecule has 1 rings (SSSR count). The highest BCUT2D eigenvalue weighted by molar-refractivity contribution is 5.84. The quantitative estimate of drug-likeness (QED) is 0.298. The summed E-state index contributed by atoms with van der Waals surface area (Å²) >= 11 is 0. The number of methoxy groups -OCH3 is 1. The summed E-state index contributed by atoms with van der Waals surface area (Å²) in [6, 6.07) is 8.00. The molecule has 9 nitrogen and oxygen atoms in total. The maximum atomic E-state index is 11.6. The average Bonchev–Trinajstić information content (AvgIpc) is 2.81. The van der Waals surface area contributed by atoms with Crippen molar-refractivity contribution in [3.63, 3.8) is 0 Å². The Hall–Kier alpha value is -2.94. The van der Waals surface area contributed by atoms with Crippen molar-refractivity contribution >= 4 is 24.6 Å². The first kappa shape index (κ1) is 27.1. The zero-order valence-corrected chi connectivity index (χ0v) is 19.2. The lowest BCUT2D eigenvalue weighted by atomic mass is 10.1. The number of unbranched alkanes of at least 4 members (excludes halogenated alkanes) is 3. The third kappa shape index (κ3) is 15.0. The van der Waals surface area contributed by atoms with Gasteiger partial charge in [-0.15, -0.1) is 0 Å². The molecule has 0 radical (unpaired) electrons. The van der Waals surface area contributed by atoms with E-state index in [1.54, 1.807) is 0 Å². The molecular formula is C23H36N4O5. The fraction of sp³-hybridized carbons (Fsp3) is 0.565. The summed E-state index contributed by atoms with van der Waals surface area (Å²) in [6.07, 6.45) is 6.48. The molecule has 1 aromatic carbocycles. The van der Waals surface area contributed by atoms with Gasteiger partial charge in [0.05, 0.1) is 26.9 Å². The number of carbonyl (C=O) groups is 2. The Morgan fingerprint density at radius 1 is 0.844 bits per heavy atom. The van der Waals surface area contributed by atoms with Crippen LogP contribution in [0.1, 0.15) is 43.7 Å². The largest absolute Gasteiger partial charge is 0.453 e. The lowest BCUT2D eigenvalue weighted by molar-refractivity contribution is 0.0765. The summed E-state index contributed by atoms with van der Waals surface area (Å²) in [5, 5.41) is 5.33. The van der Waals surface area contributed by atoms with E-state index >= 15 is 0 Å². The Morgan fingerprint density at radius 3 is 2.03 bits per heavy atom. The Balaban J connectivity index is 1.93. The smallest absolute Gasteiger partial charge is 0.407 e. The average molecular weight is 449 g/mol. The summed E-state index contributed by atoms with van der Waals surface area (Å²) in [5.41, 5.74) is 2.10. The van der Waals surface area contributed by atoms with Crippen molar-refractivity contribution < 1.29 is 23.8 Å². The number of rotatable bonds is 16. The zero-order chi connectivity index (χ0) is 23.3. The van der Waals surface area contributed by atoms with Crippen LogP contribution in [0, 0.1) is 0 Å². The summed E-state index contributed by atoms with van der Waals surface area (Å²) in [4.78, 5) is 31.0. The molecule has 0 aromatic heterocycles. The number of carbonyl (C=O) groups excluding carboxylic acids is 2. The van der Waals surface area contributed by atoms with Crippen molar-refractivity contribution in [2.24, 2.45) is 9.98 Å². The molecule has 1 aromatic rings. The van der Waals surface area contributed by atoms with Crippen molar-refractivity contribution in [3.05, 3.63) is 35.4 Å². The van der Waals surface area contributed by atoms with Crippen LogP contribution in [0.4, 0.5) is 9.59 Å². The fourth-order valence-electron chi connectivity index (χ4n) is 2.56. The molecule has 0 fully saturated rings. The summed E-state index contributed by atoms with van der Waals surface area (Å²) < 4.78 is 15.0. The standard InChI is InChI=1S/C23H36N4O5/c1-3-24-18-20-8-10-21(11-9-20)19-25-14-15-31-16-17-32-23(29)27-13-7-5-4-6-12-26-22(28)30-2/h8-11,18-19H,3-7,12-17H2,1-2H3,(H,26,28)(H,27,29). The van der Waals surface area contributed by atoms with E-state index in [2.05, 4.69) is 25.4 Å². The highest BCUT2D eigenvalue weighted by atomic mass is 16.6. The van der Waals surface area contributed by atoms with E-state index in [9.17, 15) is 9.59 Å². The molecule has 32 heavy (non-hydrogen) atoms. The molecule has 0 atom stereocenters. The third-order valence-electron chi connectivity index (χ3n) is 4.25. The van der Waals surface area contributed by atoms with Gasteiger partial charge in [0.2, 0.25) is 0 Å². The maximum absolute atomic E-state index is 11.6. The molecule has 9 heteroatoms. The van der Waals surface area contributed by atoms with Crippen LogP contribution in [0.2, 0.25) is 0 Å². The molecule has 0 aliphatic carbocycles. The van der Waals surface area contributed by atoms with Gasteiger partial charge >= 0.3 is 12.2 Å². The molecule has 0 unspecified atom stereocenters. The summed E-state index contributed by atoms with van der Waals surface area (Å²) in [6.45, 7) is 5.48. The molecule has 2 N–H and O–H groups in total. The molecule has 0 spiro atoms. The Morgan fingerprint density at radius 2 is 1.44 bits per heavy atom. The molecule has 0 aliphatic heterocycles. The van der Waals surface area contributed by atoms with Crippen molar-refractivity contribution in [3.8, 4) is 0 Å². The minimum Gasteiger partial charge on any atom is -0.453 e. The number of benzene rings is 1. The molecule has 0 saturated heterocycles. The minimum absolute atomic E-state index is 0.204. The first-order valence-electron chi connectivity index (χ1n) is 11.1. The molecule has 0 saturated carbocycles. The van der Waals surface area contributed by atoms with Crippen molar-refractivity contribution in [1.82, 2.24) is 10.6 Å². The van der Waals surface area contributed by atoms with Crippen molar-refractivity contribution in [2.75, 3.05) is 53.1 Å². The second kappa shape index (κ2) is 18.8. The van der Waals surface area contributed by atoms with Gasteiger partial charge in [-0.3, -0.25) is 9.98 Å². The highest BCUT2D eigenvalue weighted by Crippen LogP contribution is 2.00. The maximum Gasteiger partial charge on any atom is 0.407 e. The number of ether oxygens (including phenoxy) is 3. The second-order valence-electron chi connectivity index (χ2n) is 6.84. The Labute approximate surface area is 190 Å². The molecular weight excluding hydrogens is 412 g/mol. The molecule has 2 amide bonds. The van der Waals surface area contributed by atoms with Crippen LogP contribution >= 0.6 is 0 Å². The Bertz CT molecular complexity index is 692. The van der Waals surface area contributed by atoms with Crippen LogP contribution in [-0.4, -0.2) is 77.7 Å². The number of nitrogens with one attached hydrogen (secondary N) is 2. The van der Waals surface area contributed by atoms with Gasteiger partial charge in [-0.25, -0.2) is 9.59 Å². The lowest BCUT2D eigenvalue weighted by Gasteiger charge is -2.07. The van der Waals surface area contributed by atoms with E-state index in [0.29, 0.717) is 32.8 Å². The molecule has 0 aliphatic rings. The number of nitrogens with zero attached hydrogens (tertiary/aromatic N) is 2. The lowest BCUT2D eigenvalue weighted by Crippen LogP contribution is -2.26. The molecule has 178 valence electrons. The van der Waals surface area contributed by atoms with Gasteiger partial charge in [-0.2, -0.15) is 0 Å². The number of hydrogen-bond donors (Lipinski definition) is 2. The third-order valence-corrected chi connectivity index (χ3v) is 4.25. The molecule has 0 heterocycles. The zero-order valence-electron chi connectivity index (χ0n) is 19.2. The number of amides is 2. The van der Waals surface area contributed by atoms with Gasteiger partial charge in [-0.1, -0.05) is 37.1 Å². The summed E-state index contributed by atoms with van der Waals surface area (Å²) in [7, 11) is 1.34. The van der Waals surface area contributed by atoms with Crippen LogP contribution in [0.5, 0.6) is 0 Å². The van der Waals surface area contributed by atoms with E-state index in [4.69, 9.17) is 9.47 Å². The fourth-order valence-corrected chi connectivity index (χ4v) is 2.56. The number of aliphatic imine (C=N–C) groups is 2. The first-order chi connectivity index (χ1) is 15.7. The van der Waals surface area contributed by atoms with Crippen LogP contribution in [0.25, 0.3) is 0 Å². The second-order valence-corrected chi connectivity index (χ2v) is 6.84. The number of hydrogen-bond acceptors (Lipinski definition) is 7. The van der Waals surface area contributed by atoms with Gasteiger partial charge in [0.25, 0.3) is 0 Å². The van der Waals surface area contributed by atoms with Gasteiger partial charge in [-0.05, 0) is 30.9 Å². The van der Waals surface area contributed by atoms with E-state index in [1.807, 2.05) is 43.6 Å². The van der Waals surface area contributed by atoms with Crippen molar-refractivity contribution in [1.29, 1.82) is 0 Å². The SMILES string of the molecule is CCN=Cc1ccc(C=NCCOCCOC(=O)NCCCCCCNC(=O)OC)cc1. The topological polar surface area (TPSA) is 111 Å².